The van der Waals surface area contributed by atoms with Crippen molar-refractivity contribution in [3.8, 4) is 5.75 Å². The molecule has 0 saturated heterocycles. The SMILES string of the molecule is COc1cc(N(C)C)ccc1C(C)N. The van der Waals surface area contributed by atoms with Crippen LogP contribution in [0.4, 0.5) is 5.69 Å². The lowest BCUT2D eigenvalue weighted by molar-refractivity contribution is 0.407. The number of ether oxygens (including phenoxy) is 1. The lowest BCUT2D eigenvalue weighted by Crippen LogP contribution is -2.11. The van der Waals surface area contributed by atoms with Crippen LogP contribution in [0.15, 0.2) is 18.2 Å². The lowest BCUT2D eigenvalue weighted by Gasteiger charge is -2.17. The summed E-state index contributed by atoms with van der Waals surface area (Å²) in [5, 5.41) is 0. The molecule has 0 saturated carbocycles. The van der Waals surface area contributed by atoms with Gasteiger partial charge in [0.25, 0.3) is 0 Å². The maximum absolute atomic E-state index is 5.82. The van der Waals surface area contributed by atoms with E-state index in [-0.39, 0.29) is 6.04 Å². The van der Waals surface area contributed by atoms with Crippen molar-refractivity contribution < 1.29 is 4.74 Å². The fourth-order valence-electron chi connectivity index (χ4n) is 1.35. The van der Waals surface area contributed by atoms with Crippen LogP contribution >= 0.6 is 0 Å². The summed E-state index contributed by atoms with van der Waals surface area (Å²) in [4.78, 5) is 2.04. The molecular weight excluding hydrogens is 176 g/mol. The molecule has 1 rings (SSSR count). The molecule has 1 unspecified atom stereocenters. The van der Waals surface area contributed by atoms with E-state index in [2.05, 4.69) is 0 Å². The van der Waals surface area contributed by atoms with Gasteiger partial charge in [-0.2, -0.15) is 0 Å². The molecule has 0 aliphatic carbocycles. The van der Waals surface area contributed by atoms with Gasteiger partial charge in [0.05, 0.1) is 7.11 Å². The van der Waals surface area contributed by atoms with E-state index in [0.29, 0.717) is 0 Å². The fraction of sp³-hybridized carbons (Fsp3) is 0.455. The quantitative estimate of drug-likeness (QED) is 0.797. The minimum atomic E-state index is 0.00108. The third-order valence-electron chi connectivity index (χ3n) is 2.22. The highest BCUT2D eigenvalue weighted by molar-refractivity contribution is 5.53. The number of nitrogens with two attached hydrogens (primary N) is 1. The molecule has 2 N–H and O–H groups in total. The molecule has 1 aromatic carbocycles. The van der Waals surface area contributed by atoms with Crippen molar-refractivity contribution in [1.29, 1.82) is 0 Å². The molecule has 0 heterocycles. The molecular formula is C11H18N2O. The van der Waals surface area contributed by atoms with E-state index < -0.39 is 0 Å². The van der Waals surface area contributed by atoms with Gasteiger partial charge in [0.1, 0.15) is 5.75 Å². The lowest BCUT2D eigenvalue weighted by atomic mass is 10.1. The van der Waals surface area contributed by atoms with Gasteiger partial charge >= 0.3 is 0 Å². The van der Waals surface area contributed by atoms with Crippen molar-refractivity contribution in [3.63, 3.8) is 0 Å². The highest BCUT2D eigenvalue weighted by Gasteiger charge is 2.08. The van der Waals surface area contributed by atoms with Gasteiger partial charge in [-0.1, -0.05) is 6.07 Å². The van der Waals surface area contributed by atoms with Crippen LogP contribution in [0.5, 0.6) is 5.75 Å². The minimum absolute atomic E-state index is 0.00108. The summed E-state index contributed by atoms with van der Waals surface area (Å²) in [5.41, 5.74) is 7.98. The smallest absolute Gasteiger partial charge is 0.125 e. The Kier molecular flexibility index (Phi) is 3.36. The van der Waals surface area contributed by atoms with Crippen molar-refractivity contribution in [3.05, 3.63) is 23.8 Å². The maximum atomic E-state index is 5.82. The second-order valence-electron chi connectivity index (χ2n) is 3.61. The Morgan fingerprint density at radius 1 is 1.36 bits per heavy atom. The normalized spacial score (nSPS) is 12.4. The van der Waals surface area contributed by atoms with Crippen LogP contribution in [0.3, 0.4) is 0 Å². The van der Waals surface area contributed by atoms with Crippen LogP contribution in [0.25, 0.3) is 0 Å². The molecule has 0 spiro atoms. The Morgan fingerprint density at radius 3 is 2.43 bits per heavy atom. The number of rotatable bonds is 3. The first-order chi connectivity index (χ1) is 6.56. The number of hydrogen-bond acceptors (Lipinski definition) is 3. The summed E-state index contributed by atoms with van der Waals surface area (Å²) in [5.74, 6) is 0.853. The Morgan fingerprint density at radius 2 is 2.00 bits per heavy atom. The standard InChI is InChI=1S/C11H18N2O/c1-8(12)10-6-5-9(13(2)3)7-11(10)14-4/h5-8H,12H2,1-4H3. The van der Waals surface area contributed by atoms with E-state index in [4.69, 9.17) is 10.5 Å². The van der Waals surface area contributed by atoms with Crippen molar-refractivity contribution in [2.75, 3.05) is 26.1 Å². The molecule has 0 aromatic heterocycles. The van der Waals surface area contributed by atoms with Crippen LogP contribution in [-0.4, -0.2) is 21.2 Å². The molecule has 3 nitrogen and oxygen atoms in total. The first-order valence-corrected chi connectivity index (χ1v) is 4.67. The summed E-state index contributed by atoms with van der Waals surface area (Å²) in [6.45, 7) is 1.95. The maximum Gasteiger partial charge on any atom is 0.125 e. The minimum Gasteiger partial charge on any atom is -0.496 e. The third kappa shape index (κ3) is 2.17. The number of hydrogen-bond donors (Lipinski definition) is 1. The summed E-state index contributed by atoms with van der Waals surface area (Å²) < 4.78 is 5.29. The van der Waals surface area contributed by atoms with Gasteiger partial charge in [0, 0.05) is 37.5 Å². The molecule has 0 aliphatic rings. The second kappa shape index (κ2) is 4.33. The Hall–Kier alpha value is -1.22. The molecule has 14 heavy (non-hydrogen) atoms. The summed E-state index contributed by atoms with van der Waals surface area (Å²) in [6, 6.07) is 6.06. The van der Waals surface area contributed by atoms with Gasteiger partial charge in [0.15, 0.2) is 0 Å². The zero-order valence-corrected chi connectivity index (χ0v) is 9.24. The van der Waals surface area contributed by atoms with Crippen molar-refractivity contribution in [1.82, 2.24) is 0 Å². The van der Waals surface area contributed by atoms with Crippen molar-refractivity contribution >= 4 is 5.69 Å². The zero-order valence-electron chi connectivity index (χ0n) is 9.24. The molecule has 0 fully saturated rings. The van der Waals surface area contributed by atoms with Gasteiger partial charge in [-0.05, 0) is 13.0 Å². The first-order valence-electron chi connectivity index (χ1n) is 4.67. The highest BCUT2D eigenvalue weighted by atomic mass is 16.5. The molecule has 78 valence electrons. The molecule has 3 heteroatoms. The number of anilines is 1. The molecule has 1 atom stereocenters. The first kappa shape index (κ1) is 10.9. The van der Waals surface area contributed by atoms with E-state index in [1.54, 1.807) is 7.11 Å². The molecule has 0 bridgehead atoms. The monoisotopic (exact) mass is 194 g/mol. The van der Waals surface area contributed by atoms with Gasteiger partial charge in [-0.3, -0.25) is 0 Å². The largest absolute Gasteiger partial charge is 0.496 e. The Balaban J connectivity index is 3.11. The van der Waals surface area contributed by atoms with Crippen molar-refractivity contribution in [2.24, 2.45) is 5.73 Å². The summed E-state index contributed by atoms with van der Waals surface area (Å²) >= 11 is 0. The average Bonchev–Trinajstić information content (AvgIpc) is 2.16. The van der Waals surface area contributed by atoms with Gasteiger partial charge in [-0.25, -0.2) is 0 Å². The van der Waals surface area contributed by atoms with Crippen molar-refractivity contribution in [2.45, 2.75) is 13.0 Å². The van der Waals surface area contributed by atoms with Gasteiger partial charge in [-0.15, -0.1) is 0 Å². The zero-order chi connectivity index (χ0) is 10.7. The molecule has 0 amide bonds. The fourth-order valence-corrected chi connectivity index (χ4v) is 1.35. The van der Waals surface area contributed by atoms with Gasteiger partial charge < -0.3 is 15.4 Å². The number of nitrogens with zero attached hydrogens (tertiary/aromatic N) is 1. The predicted molar refractivity (Wildman–Crippen MR) is 59.9 cm³/mol. The molecule has 0 radical (unpaired) electrons. The number of benzene rings is 1. The van der Waals surface area contributed by atoms with Crippen LogP contribution in [0, 0.1) is 0 Å². The summed E-state index contributed by atoms with van der Waals surface area (Å²) in [6.07, 6.45) is 0. The van der Waals surface area contributed by atoms with Crippen LogP contribution in [-0.2, 0) is 0 Å². The Labute approximate surface area is 85.5 Å². The van der Waals surface area contributed by atoms with E-state index in [9.17, 15) is 0 Å². The topological polar surface area (TPSA) is 38.5 Å². The van der Waals surface area contributed by atoms with E-state index in [1.165, 1.54) is 0 Å². The van der Waals surface area contributed by atoms with E-state index in [0.717, 1.165) is 17.0 Å². The molecule has 1 aromatic rings. The Bertz CT molecular complexity index is 308. The van der Waals surface area contributed by atoms with E-state index >= 15 is 0 Å². The van der Waals surface area contributed by atoms with Gasteiger partial charge in [0.2, 0.25) is 0 Å². The van der Waals surface area contributed by atoms with E-state index in [1.807, 2.05) is 44.1 Å². The second-order valence-corrected chi connectivity index (χ2v) is 3.61. The third-order valence-corrected chi connectivity index (χ3v) is 2.22. The highest BCUT2D eigenvalue weighted by Crippen LogP contribution is 2.27. The van der Waals surface area contributed by atoms with Crippen LogP contribution in [0.1, 0.15) is 18.5 Å². The van der Waals surface area contributed by atoms with Crippen LogP contribution in [0.2, 0.25) is 0 Å². The predicted octanol–water partition coefficient (Wildman–Crippen LogP) is 1.78. The average molecular weight is 194 g/mol. The summed E-state index contributed by atoms with van der Waals surface area (Å²) in [7, 11) is 5.67. The van der Waals surface area contributed by atoms with Crippen LogP contribution < -0.4 is 15.4 Å². The number of methoxy groups -OCH3 is 1. The molecule has 0 aliphatic heterocycles.